The van der Waals surface area contributed by atoms with Crippen molar-refractivity contribution >= 4 is 0 Å². The normalized spacial score (nSPS) is 15.9. The number of aliphatic hydroxyl groups excluding tert-OH is 1. The van der Waals surface area contributed by atoms with Crippen LogP contribution in [0.25, 0.3) is 22.8 Å². The first kappa shape index (κ1) is 15.1. The fraction of sp³-hybridized carbons (Fsp3) is 0.263. The fourth-order valence-corrected chi connectivity index (χ4v) is 2.90. The highest BCUT2D eigenvalue weighted by Crippen LogP contribution is 2.31. The number of nitrogens with zero attached hydrogens (tertiary/aromatic N) is 3. The van der Waals surface area contributed by atoms with Crippen molar-refractivity contribution in [3.05, 3.63) is 60.7 Å². The zero-order chi connectivity index (χ0) is 16.4. The molecule has 0 radical (unpaired) electrons. The summed E-state index contributed by atoms with van der Waals surface area (Å²) in [6.45, 7) is 1.78. The number of benzene rings is 2. The first-order chi connectivity index (χ1) is 11.8. The molecule has 1 aliphatic rings. The Balaban J connectivity index is 1.77. The van der Waals surface area contributed by atoms with E-state index in [2.05, 4.69) is 0 Å². The number of rotatable bonds is 5. The monoisotopic (exact) mass is 321 g/mol. The van der Waals surface area contributed by atoms with Gasteiger partial charge in [-0.1, -0.05) is 60.7 Å². The number of ether oxygens (including phenoxy) is 1. The van der Waals surface area contributed by atoms with Crippen molar-refractivity contribution in [2.45, 2.75) is 6.54 Å². The summed E-state index contributed by atoms with van der Waals surface area (Å²) in [5.74, 6) is 1.51. The van der Waals surface area contributed by atoms with E-state index in [-0.39, 0.29) is 12.0 Å². The lowest BCUT2D eigenvalue weighted by Crippen LogP contribution is -2.49. The van der Waals surface area contributed by atoms with Crippen LogP contribution >= 0.6 is 0 Å². The molecular weight excluding hydrogens is 302 g/mol. The second kappa shape index (κ2) is 6.19. The van der Waals surface area contributed by atoms with Crippen LogP contribution in [0.1, 0.15) is 0 Å². The highest BCUT2D eigenvalue weighted by atomic mass is 16.5. The third kappa shape index (κ3) is 2.72. The van der Waals surface area contributed by atoms with Gasteiger partial charge in [-0.15, -0.1) is 0 Å². The summed E-state index contributed by atoms with van der Waals surface area (Å²) in [6.07, 6.45) is 0. The molecule has 1 aromatic heterocycles. The van der Waals surface area contributed by atoms with Crippen LogP contribution in [-0.2, 0) is 11.3 Å². The summed E-state index contributed by atoms with van der Waals surface area (Å²) in [5.41, 5.74) is 1.74. The van der Waals surface area contributed by atoms with E-state index in [9.17, 15) is 5.11 Å². The fourth-order valence-electron chi connectivity index (χ4n) is 2.90. The van der Waals surface area contributed by atoms with Crippen molar-refractivity contribution in [3.8, 4) is 22.8 Å². The Morgan fingerprint density at radius 2 is 1.58 bits per heavy atom. The highest BCUT2D eigenvalue weighted by molar-refractivity contribution is 5.61. The van der Waals surface area contributed by atoms with Gasteiger partial charge in [-0.2, -0.15) is 5.10 Å². The molecule has 1 aliphatic heterocycles. The van der Waals surface area contributed by atoms with Crippen LogP contribution in [0.3, 0.4) is 0 Å². The molecule has 0 spiro atoms. The predicted molar refractivity (Wildman–Crippen MR) is 91.2 cm³/mol. The summed E-state index contributed by atoms with van der Waals surface area (Å²) in [7, 11) is 0. The van der Waals surface area contributed by atoms with E-state index in [0.717, 1.165) is 17.0 Å². The Kier molecular flexibility index (Phi) is 3.88. The Bertz CT molecular complexity index is 806. The van der Waals surface area contributed by atoms with Crippen molar-refractivity contribution < 1.29 is 9.84 Å². The van der Waals surface area contributed by atoms with Gasteiger partial charge >= 0.3 is 0 Å². The Morgan fingerprint density at radius 1 is 0.958 bits per heavy atom. The quantitative estimate of drug-likeness (QED) is 0.785. The minimum absolute atomic E-state index is 0.0851. The topological polar surface area (TPSA) is 60.2 Å². The van der Waals surface area contributed by atoms with Crippen LogP contribution in [-0.4, -0.2) is 39.7 Å². The molecule has 2 aromatic carbocycles. The Morgan fingerprint density at radius 3 is 2.12 bits per heavy atom. The summed E-state index contributed by atoms with van der Waals surface area (Å²) in [4.78, 5) is 4.76. The molecule has 2 heterocycles. The molecule has 0 aliphatic carbocycles. The number of aliphatic hydroxyl groups is 1. The zero-order valence-electron chi connectivity index (χ0n) is 13.3. The van der Waals surface area contributed by atoms with Crippen LogP contribution in [0, 0.1) is 5.41 Å². The molecule has 5 nitrogen and oxygen atoms in total. The molecule has 3 aromatic rings. The molecule has 0 unspecified atom stereocenters. The third-order valence-corrected chi connectivity index (χ3v) is 4.37. The van der Waals surface area contributed by atoms with Crippen LogP contribution in [0.15, 0.2) is 60.7 Å². The molecule has 0 saturated carbocycles. The Hall–Kier alpha value is -2.50. The molecule has 4 rings (SSSR count). The van der Waals surface area contributed by atoms with Crippen molar-refractivity contribution in [3.63, 3.8) is 0 Å². The van der Waals surface area contributed by atoms with Crippen molar-refractivity contribution in [1.29, 1.82) is 0 Å². The van der Waals surface area contributed by atoms with Gasteiger partial charge in [-0.3, -0.25) is 0 Å². The SMILES string of the molecule is OCC1(Cn2nc(-c3ccccc3)nc2-c2ccccc2)COC1. The van der Waals surface area contributed by atoms with Crippen molar-refractivity contribution in [2.75, 3.05) is 19.8 Å². The maximum absolute atomic E-state index is 9.74. The van der Waals surface area contributed by atoms with Gasteiger partial charge in [0.25, 0.3) is 0 Å². The van der Waals surface area contributed by atoms with Gasteiger partial charge in [-0.25, -0.2) is 9.67 Å². The summed E-state index contributed by atoms with van der Waals surface area (Å²) in [6, 6.07) is 20.0. The van der Waals surface area contributed by atoms with Crippen LogP contribution in [0.2, 0.25) is 0 Å². The van der Waals surface area contributed by atoms with E-state index in [1.165, 1.54) is 0 Å². The zero-order valence-corrected chi connectivity index (χ0v) is 13.3. The van der Waals surface area contributed by atoms with Crippen molar-refractivity contribution in [1.82, 2.24) is 14.8 Å². The average Bonchev–Trinajstić information content (AvgIpc) is 3.03. The standard InChI is InChI=1S/C19H19N3O2/c23-12-19(13-24-14-19)11-22-18(16-9-5-2-6-10-16)20-17(21-22)15-7-3-1-4-8-15/h1-10,23H,11-14H2. The Labute approximate surface area is 140 Å². The molecule has 1 saturated heterocycles. The lowest BCUT2D eigenvalue weighted by atomic mass is 9.87. The van der Waals surface area contributed by atoms with Gasteiger partial charge in [0.1, 0.15) is 0 Å². The molecule has 0 atom stereocenters. The third-order valence-electron chi connectivity index (χ3n) is 4.37. The molecule has 1 fully saturated rings. The van der Waals surface area contributed by atoms with Gasteiger partial charge in [-0.05, 0) is 0 Å². The van der Waals surface area contributed by atoms with E-state index < -0.39 is 0 Å². The minimum atomic E-state index is -0.259. The number of hydrogen-bond donors (Lipinski definition) is 1. The number of hydrogen-bond acceptors (Lipinski definition) is 4. The molecular formula is C19H19N3O2. The van der Waals surface area contributed by atoms with Crippen LogP contribution in [0.4, 0.5) is 0 Å². The van der Waals surface area contributed by atoms with Gasteiger partial charge in [0.05, 0.1) is 31.8 Å². The first-order valence-electron chi connectivity index (χ1n) is 8.04. The van der Waals surface area contributed by atoms with Gasteiger partial charge < -0.3 is 9.84 Å². The minimum Gasteiger partial charge on any atom is -0.396 e. The van der Waals surface area contributed by atoms with E-state index in [4.69, 9.17) is 14.8 Å². The summed E-state index contributed by atoms with van der Waals surface area (Å²) < 4.78 is 7.22. The second-order valence-electron chi connectivity index (χ2n) is 6.30. The van der Waals surface area contributed by atoms with Crippen molar-refractivity contribution in [2.24, 2.45) is 5.41 Å². The summed E-state index contributed by atoms with van der Waals surface area (Å²) in [5, 5.41) is 14.5. The number of aromatic nitrogens is 3. The van der Waals surface area contributed by atoms with Crippen LogP contribution in [0.5, 0.6) is 0 Å². The maximum atomic E-state index is 9.74. The lowest BCUT2D eigenvalue weighted by molar-refractivity contribution is -0.145. The molecule has 122 valence electrons. The van der Waals surface area contributed by atoms with E-state index in [1.54, 1.807) is 0 Å². The summed E-state index contributed by atoms with van der Waals surface area (Å²) >= 11 is 0. The largest absolute Gasteiger partial charge is 0.396 e. The second-order valence-corrected chi connectivity index (χ2v) is 6.30. The van der Waals surface area contributed by atoms with E-state index in [0.29, 0.717) is 25.6 Å². The van der Waals surface area contributed by atoms with Gasteiger partial charge in [0.2, 0.25) is 0 Å². The molecule has 0 amide bonds. The molecule has 0 bridgehead atoms. The lowest BCUT2D eigenvalue weighted by Gasteiger charge is -2.39. The van der Waals surface area contributed by atoms with Crippen LogP contribution < -0.4 is 0 Å². The predicted octanol–water partition coefficient (Wildman–Crippen LogP) is 2.62. The molecule has 5 heteroatoms. The molecule has 1 N–H and O–H groups in total. The van der Waals surface area contributed by atoms with Gasteiger partial charge in [0, 0.05) is 11.1 Å². The first-order valence-corrected chi connectivity index (χ1v) is 8.04. The highest BCUT2D eigenvalue weighted by Gasteiger charge is 2.39. The average molecular weight is 321 g/mol. The van der Waals surface area contributed by atoms with E-state index >= 15 is 0 Å². The van der Waals surface area contributed by atoms with E-state index in [1.807, 2.05) is 65.3 Å². The molecule has 24 heavy (non-hydrogen) atoms. The van der Waals surface area contributed by atoms with Gasteiger partial charge in [0.15, 0.2) is 11.6 Å². The maximum Gasteiger partial charge on any atom is 0.181 e. The smallest absolute Gasteiger partial charge is 0.181 e.